The summed E-state index contributed by atoms with van der Waals surface area (Å²) in [6.45, 7) is 0.512. The summed E-state index contributed by atoms with van der Waals surface area (Å²) in [5.41, 5.74) is 1.46. The van der Waals surface area contributed by atoms with Crippen molar-refractivity contribution < 1.29 is 19.0 Å². The van der Waals surface area contributed by atoms with Crippen LogP contribution in [0.25, 0.3) is 0 Å². The van der Waals surface area contributed by atoms with Crippen molar-refractivity contribution in [2.24, 2.45) is 0 Å². The van der Waals surface area contributed by atoms with Gasteiger partial charge in [-0.1, -0.05) is 23.2 Å². The van der Waals surface area contributed by atoms with Gasteiger partial charge in [0.15, 0.2) is 11.5 Å². The number of benzene rings is 2. The maximum absolute atomic E-state index is 12.5. The lowest BCUT2D eigenvalue weighted by Crippen LogP contribution is -2.28. The summed E-state index contributed by atoms with van der Waals surface area (Å²) in [6.07, 6.45) is 0.625. The van der Waals surface area contributed by atoms with Gasteiger partial charge in [-0.15, -0.1) is 0 Å². The van der Waals surface area contributed by atoms with Crippen molar-refractivity contribution in [2.75, 3.05) is 34.9 Å². The smallest absolute Gasteiger partial charge is 0.253 e. The number of likely N-dealkylation sites (N-methyl/N-ethyl adjacent to an activating group) is 1. The highest BCUT2D eigenvalue weighted by atomic mass is 35.5. The summed E-state index contributed by atoms with van der Waals surface area (Å²) in [5.74, 6) is 1.58. The van der Waals surface area contributed by atoms with Crippen LogP contribution in [0.15, 0.2) is 30.3 Å². The first-order chi connectivity index (χ1) is 12.4. The molecule has 0 atom stereocenters. The Morgan fingerprint density at radius 2 is 1.58 bits per heavy atom. The number of ether oxygens (including phenoxy) is 3. The zero-order valence-corrected chi connectivity index (χ0v) is 16.6. The van der Waals surface area contributed by atoms with Crippen LogP contribution >= 0.6 is 23.2 Å². The molecular weight excluding hydrogens is 377 g/mol. The summed E-state index contributed by atoms with van der Waals surface area (Å²) in [4.78, 5) is 14.2. The molecular formula is C19H21Cl2NO4. The Hall–Kier alpha value is -2.11. The molecule has 2 aromatic rings. The van der Waals surface area contributed by atoms with Gasteiger partial charge >= 0.3 is 0 Å². The third-order valence-electron chi connectivity index (χ3n) is 3.97. The number of rotatable bonds is 7. The van der Waals surface area contributed by atoms with Crippen LogP contribution in [-0.2, 0) is 6.42 Å². The molecule has 1 amide bonds. The van der Waals surface area contributed by atoms with Gasteiger partial charge in [0.25, 0.3) is 5.91 Å². The maximum atomic E-state index is 12.5. The Morgan fingerprint density at radius 3 is 2.08 bits per heavy atom. The summed E-state index contributed by atoms with van der Waals surface area (Å²) >= 11 is 11.9. The second-order valence-corrected chi connectivity index (χ2v) is 6.45. The predicted octanol–water partition coefficient (Wildman–Crippen LogP) is 4.33. The molecule has 0 aliphatic rings. The monoisotopic (exact) mass is 397 g/mol. The standard InChI is InChI=1S/C19H21Cl2NO4/c1-22(19(23)13-5-6-14(20)15(21)11-13)8-7-12-9-16(24-2)18(26-4)17(10-12)25-3/h5-6,9-11H,7-8H2,1-4H3. The number of hydrogen-bond acceptors (Lipinski definition) is 4. The Kier molecular flexibility index (Phi) is 7.00. The highest BCUT2D eigenvalue weighted by Gasteiger charge is 2.16. The van der Waals surface area contributed by atoms with Gasteiger partial charge in [-0.3, -0.25) is 4.79 Å². The highest BCUT2D eigenvalue weighted by Crippen LogP contribution is 2.38. The van der Waals surface area contributed by atoms with E-state index in [2.05, 4.69) is 0 Å². The fourth-order valence-electron chi connectivity index (χ4n) is 2.53. The number of halogens is 2. The first kappa shape index (κ1) is 20.2. The molecule has 0 bridgehead atoms. The molecule has 2 aromatic carbocycles. The molecule has 0 radical (unpaired) electrons. The van der Waals surface area contributed by atoms with Crippen LogP contribution in [0.1, 0.15) is 15.9 Å². The topological polar surface area (TPSA) is 48.0 Å². The number of carbonyl (C=O) groups excluding carboxylic acids is 1. The van der Waals surface area contributed by atoms with Crippen molar-refractivity contribution in [1.29, 1.82) is 0 Å². The molecule has 0 heterocycles. The van der Waals surface area contributed by atoms with E-state index in [4.69, 9.17) is 37.4 Å². The number of carbonyl (C=O) groups is 1. The largest absolute Gasteiger partial charge is 0.493 e. The zero-order chi connectivity index (χ0) is 19.3. The Labute approximate surface area is 163 Å². The fraction of sp³-hybridized carbons (Fsp3) is 0.316. The van der Waals surface area contributed by atoms with Crippen molar-refractivity contribution in [3.8, 4) is 17.2 Å². The van der Waals surface area contributed by atoms with Crippen molar-refractivity contribution in [3.05, 3.63) is 51.5 Å². The summed E-state index contributed by atoms with van der Waals surface area (Å²) in [6, 6.07) is 8.59. The number of hydrogen-bond donors (Lipinski definition) is 0. The lowest BCUT2D eigenvalue weighted by molar-refractivity contribution is 0.0796. The minimum absolute atomic E-state index is 0.129. The molecule has 0 unspecified atom stereocenters. The quantitative estimate of drug-likeness (QED) is 0.697. The van der Waals surface area contributed by atoms with Gasteiger partial charge in [-0.05, 0) is 42.3 Å². The van der Waals surface area contributed by atoms with E-state index < -0.39 is 0 Å². The van der Waals surface area contributed by atoms with Gasteiger partial charge in [-0.2, -0.15) is 0 Å². The molecule has 0 saturated carbocycles. The molecule has 2 rings (SSSR count). The van der Waals surface area contributed by atoms with Crippen LogP contribution in [0.2, 0.25) is 10.0 Å². The van der Waals surface area contributed by atoms with E-state index in [1.807, 2.05) is 12.1 Å². The molecule has 140 valence electrons. The van der Waals surface area contributed by atoms with Gasteiger partial charge in [-0.25, -0.2) is 0 Å². The van der Waals surface area contributed by atoms with Gasteiger partial charge < -0.3 is 19.1 Å². The minimum Gasteiger partial charge on any atom is -0.493 e. The SMILES string of the molecule is COc1cc(CCN(C)C(=O)c2ccc(Cl)c(Cl)c2)cc(OC)c1OC. The van der Waals surface area contributed by atoms with Gasteiger partial charge in [0.1, 0.15) is 0 Å². The average molecular weight is 398 g/mol. The Balaban J connectivity index is 2.12. The third-order valence-corrected chi connectivity index (χ3v) is 4.71. The van der Waals surface area contributed by atoms with Crippen LogP contribution in [-0.4, -0.2) is 45.7 Å². The van der Waals surface area contributed by atoms with E-state index in [9.17, 15) is 4.79 Å². The third kappa shape index (κ3) is 4.54. The fourth-order valence-corrected chi connectivity index (χ4v) is 2.83. The molecule has 0 N–H and O–H groups in total. The van der Waals surface area contributed by atoms with E-state index in [0.717, 1.165) is 5.56 Å². The maximum Gasteiger partial charge on any atom is 0.253 e. The molecule has 0 spiro atoms. The molecule has 5 nitrogen and oxygen atoms in total. The predicted molar refractivity (Wildman–Crippen MR) is 103 cm³/mol. The zero-order valence-electron chi connectivity index (χ0n) is 15.1. The summed E-state index contributed by atoms with van der Waals surface area (Å²) < 4.78 is 16.0. The second kappa shape index (κ2) is 9.01. The minimum atomic E-state index is -0.129. The Bertz CT molecular complexity index is 770. The first-order valence-corrected chi connectivity index (χ1v) is 8.66. The molecule has 0 saturated heterocycles. The lowest BCUT2D eigenvalue weighted by atomic mass is 10.1. The first-order valence-electron chi connectivity index (χ1n) is 7.90. The second-order valence-electron chi connectivity index (χ2n) is 5.64. The molecule has 0 aromatic heterocycles. The number of methoxy groups -OCH3 is 3. The Morgan fingerprint density at radius 1 is 0.962 bits per heavy atom. The van der Waals surface area contributed by atoms with E-state index in [-0.39, 0.29) is 5.91 Å². The highest BCUT2D eigenvalue weighted by molar-refractivity contribution is 6.42. The van der Waals surface area contributed by atoms with Crippen LogP contribution in [0.5, 0.6) is 17.2 Å². The van der Waals surface area contributed by atoms with Crippen molar-refractivity contribution in [2.45, 2.75) is 6.42 Å². The number of amides is 1. The molecule has 0 aliphatic heterocycles. The number of nitrogens with zero attached hydrogens (tertiary/aromatic N) is 1. The molecule has 26 heavy (non-hydrogen) atoms. The molecule has 7 heteroatoms. The average Bonchev–Trinajstić information content (AvgIpc) is 2.66. The van der Waals surface area contributed by atoms with Crippen molar-refractivity contribution in [3.63, 3.8) is 0 Å². The van der Waals surface area contributed by atoms with Crippen molar-refractivity contribution >= 4 is 29.1 Å². The van der Waals surface area contributed by atoms with Gasteiger partial charge in [0.2, 0.25) is 5.75 Å². The van der Waals surface area contributed by atoms with Crippen LogP contribution in [0, 0.1) is 0 Å². The van der Waals surface area contributed by atoms with Crippen LogP contribution < -0.4 is 14.2 Å². The molecule has 0 fully saturated rings. The van der Waals surface area contributed by atoms with Gasteiger partial charge in [0.05, 0.1) is 31.4 Å². The summed E-state index contributed by atoms with van der Waals surface area (Å²) in [7, 11) is 6.44. The molecule has 0 aliphatic carbocycles. The van der Waals surface area contributed by atoms with E-state index in [1.54, 1.807) is 51.5 Å². The van der Waals surface area contributed by atoms with Crippen molar-refractivity contribution in [1.82, 2.24) is 4.90 Å². The van der Waals surface area contributed by atoms with E-state index >= 15 is 0 Å². The van der Waals surface area contributed by atoms with Crippen LogP contribution in [0.4, 0.5) is 0 Å². The normalized spacial score (nSPS) is 10.4. The van der Waals surface area contributed by atoms with Gasteiger partial charge in [0, 0.05) is 19.2 Å². The van der Waals surface area contributed by atoms with E-state index in [1.165, 1.54) is 0 Å². The van der Waals surface area contributed by atoms with E-state index in [0.29, 0.717) is 45.8 Å². The van der Waals surface area contributed by atoms with Crippen LogP contribution in [0.3, 0.4) is 0 Å². The summed E-state index contributed by atoms with van der Waals surface area (Å²) in [5, 5.41) is 0.777. The lowest BCUT2D eigenvalue weighted by Gasteiger charge is -2.19.